The van der Waals surface area contributed by atoms with E-state index in [-0.39, 0.29) is 0 Å². The Morgan fingerprint density at radius 1 is 1.28 bits per heavy atom. The summed E-state index contributed by atoms with van der Waals surface area (Å²) in [7, 11) is 0. The van der Waals surface area contributed by atoms with Crippen LogP contribution in [0.3, 0.4) is 0 Å². The zero-order valence-electron chi connectivity index (χ0n) is 11.5. The number of nitrogens with zero attached hydrogens (tertiary/aromatic N) is 3. The Kier molecular flexibility index (Phi) is 5.68. The van der Waals surface area contributed by atoms with E-state index in [1.54, 1.807) is 0 Å². The lowest BCUT2D eigenvalue weighted by Gasteiger charge is -2.32. The molecule has 0 unspecified atom stereocenters. The molecule has 102 valence electrons. The molecular weight excluding hydrogens is 224 g/mol. The predicted octanol–water partition coefficient (Wildman–Crippen LogP) is 1.74. The molecular formula is C14H26N4. The first-order chi connectivity index (χ1) is 8.88. The van der Waals surface area contributed by atoms with Gasteiger partial charge in [-0.2, -0.15) is 0 Å². The standard InChI is InChI=1S/C14H26N4/c1-2-6-16-14-4-10-17(11-5-14)8-3-9-18-12-7-15-13-18/h7,12-14,16H,2-6,8-11H2,1H3. The van der Waals surface area contributed by atoms with Crippen LogP contribution < -0.4 is 5.32 Å². The number of piperidine rings is 1. The first-order valence-electron chi connectivity index (χ1n) is 7.30. The number of hydrogen-bond acceptors (Lipinski definition) is 3. The van der Waals surface area contributed by atoms with Crippen molar-refractivity contribution < 1.29 is 0 Å². The third-order valence-electron chi connectivity index (χ3n) is 3.72. The minimum atomic E-state index is 0.759. The summed E-state index contributed by atoms with van der Waals surface area (Å²) in [4.78, 5) is 6.67. The highest BCUT2D eigenvalue weighted by Gasteiger charge is 2.17. The van der Waals surface area contributed by atoms with Crippen molar-refractivity contribution in [3.63, 3.8) is 0 Å². The molecule has 0 aliphatic carbocycles. The number of imidazole rings is 1. The fourth-order valence-electron chi connectivity index (χ4n) is 2.61. The third kappa shape index (κ3) is 4.42. The smallest absolute Gasteiger partial charge is 0.0945 e. The van der Waals surface area contributed by atoms with Gasteiger partial charge in [-0.25, -0.2) is 4.98 Å². The van der Waals surface area contributed by atoms with E-state index in [1.807, 2.05) is 18.7 Å². The van der Waals surface area contributed by atoms with Gasteiger partial charge in [0.1, 0.15) is 0 Å². The molecule has 1 aliphatic heterocycles. The molecule has 18 heavy (non-hydrogen) atoms. The van der Waals surface area contributed by atoms with Gasteiger partial charge in [0.15, 0.2) is 0 Å². The van der Waals surface area contributed by atoms with Crippen molar-refractivity contribution in [1.29, 1.82) is 0 Å². The van der Waals surface area contributed by atoms with Crippen LogP contribution in [0.5, 0.6) is 0 Å². The van der Waals surface area contributed by atoms with Crippen LogP contribution in [0, 0.1) is 0 Å². The monoisotopic (exact) mass is 250 g/mol. The molecule has 4 heteroatoms. The van der Waals surface area contributed by atoms with E-state index in [0.29, 0.717) is 0 Å². The van der Waals surface area contributed by atoms with Crippen molar-refractivity contribution >= 4 is 0 Å². The summed E-state index contributed by atoms with van der Waals surface area (Å²) >= 11 is 0. The van der Waals surface area contributed by atoms with E-state index in [0.717, 1.165) is 12.6 Å². The summed E-state index contributed by atoms with van der Waals surface area (Å²) in [6.07, 6.45) is 10.9. The first kappa shape index (κ1) is 13.6. The molecule has 2 heterocycles. The number of aromatic nitrogens is 2. The average Bonchev–Trinajstić information content (AvgIpc) is 2.91. The van der Waals surface area contributed by atoms with Crippen LogP contribution in [0.1, 0.15) is 32.6 Å². The normalized spacial score (nSPS) is 18.3. The molecule has 0 atom stereocenters. The fraction of sp³-hybridized carbons (Fsp3) is 0.786. The Morgan fingerprint density at radius 3 is 2.78 bits per heavy atom. The van der Waals surface area contributed by atoms with Gasteiger partial charge in [0, 0.05) is 25.0 Å². The molecule has 1 aliphatic rings. The van der Waals surface area contributed by atoms with Crippen molar-refractivity contribution in [2.24, 2.45) is 0 Å². The van der Waals surface area contributed by atoms with E-state index >= 15 is 0 Å². The number of rotatable bonds is 7. The minimum absolute atomic E-state index is 0.759. The molecule has 1 aromatic heterocycles. The maximum atomic E-state index is 4.07. The number of nitrogens with one attached hydrogen (secondary N) is 1. The quantitative estimate of drug-likeness (QED) is 0.800. The van der Waals surface area contributed by atoms with Crippen molar-refractivity contribution in [2.45, 2.75) is 45.2 Å². The van der Waals surface area contributed by atoms with Gasteiger partial charge in [0.2, 0.25) is 0 Å². The molecule has 0 spiro atoms. The molecule has 1 fully saturated rings. The highest BCUT2D eigenvalue weighted by atomic mass is 15.1. The van der Waals surface area contributed by atoms with E-state index < -0.39 is 0 Å². The van der Waals surface area contributed by atoms with E-state index in [1.165, 1.54) is 51.9 Å². The van der Waals surface area contributed by atoms with Crippen molar-refractivity contribution in [3.05, 3.63) is 18.7 Å². The van der Waals surface area contributed by atoms with Crippen LogP contribution in [0.2, 0.25) is 0 Å². The molecule has 4 nitrogen and oxygen atoms in total. The summed E-state index contributed by atoms with van der Waals surface area (Å²) in [6, 6.07) is 0.759. The summed E-state index contributed by atoms with van der Waals surface area (Å²) in [6.45, 7) is 8.23. The Hall–Kier alpha value is -0.870. The Bertz CT molecular complexity index is 302. The summed E-state index contributed by atoms with van der Waals surface area (Å²) in [5, 5.41) is 3.63. The van der Waals surface area contributed by atoms with Gasteiger partial charge in [-0.05, 0) is 51.9 Å². The second-order valence-corrected chi connectivity index (χ2v) is 5.22. The largest absolute Gasteiger partial charge is 0.337 e. The van der Waals surface area contributed by atoms with Gasteiger partial charge in [0.05, 0.1) is 6.33 Å². The van der Waals surface area contributed by atoms with Gasteiger partial charge in [-0.15, -0.1) is 0 Å². The molecule has 0 bridgehead atoms. The lowest BCUT2D eigenvalue weighted by atomic mass is 10.0. The van der Waals surface area contributed by atoms with Crippen LogP contribution >= 0.6 is 0 Å². The lowest BCUT2D eigenvalue weighted by Crippen LogP contribution is -2.43. The Morgan fingerprint density at radius 2 is 2.11 bits per heavy atom. The topological polar surface area (TPSA) is 33.1 Å². The molecule has 1 saturated heterocycles. The average molecular weight is 250 g/mol. The molecule has 0 saturated carbocycles. The third-order valence-corrected chi connectivity index (χ3v) is 3.72. The zero-order chi connectivity index (χ0) is 12.6. The van der Waals surface area contributed by atoms with Crippen molar-refractivity contribution in [1.82, 2.24) is 19.8 Å². The highest BCUT2D eigenvalue weighted by Crippen LogP contribution is 2.10. The zero-order valence-corrected chi connectivity index (χ0v) is 11.5. The van der Waals surface area contributed by atoms with E-state index in [2.05, 4.69) is 26.7 Å². The van der Waals surface area contributed by atoms with Crippen LogP contribution in [0.25, 0.3) is 0 Å². The number of aryl methyl sites for hydroxylation is 1. The Labute approximate surface area is 110 Å². The van der Waals surface area contributed by atoms with Gasteiger partial charge < -0.3 is 14.8 Å². The van der Waals surface area contributed by atoms with Gasteiger partial charge in [0.25, 0.3) is 0 Å². The van der Waals surface area contributed by atoms with Crippen molar-refractivity contribution in [3.8, 4) is 0 Å². The molecule has 1 N–H and O–H groups in total. The predicted molar refractivity (Wildman–Crippen MR) is 74.6 cm³/mol. The maximum absolute atomic E-state index is 4.07. The Balaban J connectivity index is 1.56. The summed E-state index contributed by atoms with van der Waals surface area (Å²) in [5.74, 6) is 0. The van der Waals surface area contributed by atoms with E-state index in [9.17, 15) is 0 Å². The second kappa shape index (κ2) is 7.54. The second-order valence-electron chi connectivity index (χ2n) is 5.22. The maximum Gasteiger partial charge on any atom is 0.0945 e. The highest BCUT2D eigenvalue weighted by molar-refractivity contribution is 4.78. The van der Waals surface area contributed by atoms with Gasteiger partial charge in [-0.3, -0.25) is 0 Å². The van der Waals surface area contributed by atoms with Crippen LogP contribution in [-0.4, -0.2) is 46.7 Å². The fourth-order valence-corrected chi connectivity index (χ4v) is 2.61. The van der Waals surface area contributed by atoms with E-state index in [4.69, 9.17) is 0 Å². The molecule has 2 rings (SSSR count). The molecule has 1 aromatic rings. The molecule has 0 amide bonds. The lowest BCUT2D eigenvalue weighted by molar-refractivity contribution is 0.193. The van der Waals surface area contributed by atoms with Crippen LogP contribution in [-0.2, 0) is 6.54 Å². The first-order valence-corrected chi connectivity index (χ1v) is 7.30. The minimum Gasteiger partial charge on any atom is -0.337 e. The van der Waals surface area contributed by atoms with Crippen LogP contribution in [0.4, 0.5) is 0 Å². The number of hydrogen-bond donors (Lipinski definition) is 1. The number of likely N-dealkylation sites (tertiary alicyclic amines) is 1. The van der Waals surface area contributed by atoms with Crippen LogP contribution in [0.15, 0.2) is 18.7 Å². The molecule has 0 radical (unpaired) electrons. The van der Waals surface area contributed by atoms with Crippen molar-refractivity contribution in [2.75, 3.05) is 26.2 Å². The molecule has 0 aromatic carbocycles. The van der Waals surface area contributed by atoms with Gasteiger partial charge in [-0.1, -0.05) is 6.92 Å². The van der Waals surface area contributed by atoms with Gasteiger partial charge >= 0.3 is 0 Å². The summed E-state index contributed by atoms with van der Waals surface area (Å²) < 4.78 is 2.16. The summed E-state index contributed by atoms with van der Waals surface area (Å²) in [5.41, 5.74) is 0. The SMILES string of the molecule is CCCNC1CCN(CCCn2ccnc2)CC1.